The van der Waals surface area contributed by atoms with E-state index in [9.17, 15) is 9.18 Å². The van der Waals surface area contributed by atoms with Crippen molar-refractivity contribution in [3.05, 3.63) is 70.2 Å². The Morgan fingerprint density at radius 3 is 2.80 bits per heavy atom. The molecule has 3 rings (SSSR count). The molecule has 0 aliphatic heterocycles. The van der Waals surface area contributed by atoms with Gasteiger partial charge in [-0.2, -0.15) is 0 Å². The van der Waals surface area contributed by atoms with Crippen LogP contribution in [0.25, 0.3) is 11.0 Å². The smallest absolute Gasteiger partial charge is 0.229 e. The van der Waals surface area contributed by atoms with Gasteiger partial charge < -0.3 is 4.42 Å². The molecule has 1 heterocycles. The molecule has 0 atom stereocenters. The maximum atomic E-state index is 13.4. The maximum absolute atomic E-state index is 13.4. The van der Waals surface area contributed by atoms with E-state index in [1.54, 1.807) is 12.1 Å². The molecule has 0 fully saturated rings. The highest BCUT2D eigenvalue weighted by atomic mass is 35.5. The second-order valence-corrected chi connectivity index (χ2v) is 4.96. The van der Waals surface area contributed by atoms with E-state index >= 15 is 0 Å². The van der Waals surface area contributed by atoms with E-state index < -0.39 is 11.6 Å². The molecule has 0 spiro atoms. The third-order valence-corrected chi connectivity index (χ3v) is 3.48. The molecule has 20 heavy (non-hydrogen) atoms. The summed E-state index contributed by atoms with van der Waals surface area (Å²) in [6, 6.07) is 11.4. The van der Waals surface area contributed by atoms with E-state index in [4.69, 9.17) is 16.0 Å². The minimum atomic E-state index is -0.621. The molecule has 2 nitrogen and oxygen atoms in total. The van der Waals surface area contributed by atoms with Gasteiger partial charge in [-0.3, -0.25) is 4.79 Å². The summed E-state index contributed by atoms with van der Waals surface area (Å²) in [5, 5.41) is 0.648. The summed E-state index contributed by atoms with van der Waals surface area (Å²) in [7, 11) is 0. The van der Waals surface area contributed by atoms with Gasteiger partial charge in [0.1, 0.15) is 11.4 Å². The highest BCUT2D eigenvalue weighted by Gasteiger charge is 2.19. The molecule has 0 aliphatic carbocycles. The van der Waals surface area contributed by atoms with Gasteiger partial charge in [-0.25, -0.2) is 4.39 Å². The molecule has 0 aliphatic rings. The normalized spacial score (nSPS) is 10.9. The summed E-state index contributed by atoms with van der Waals surface area (Å²) in [6.45, 7) is 1.96. The topological polar surface area (TPSA) is 30.2 Å². The summed E-state index contributed by atoms with van der Waals surface area (Å²) in [5.74, 6) is -0.897. The Balaban J connectivity index is 2.10. The highest BCUT2D eigenvalue weighted by Crippen LogP contribution is 2.26. The van der Waals surface area contributed by atoms with Crippen LogP contribution in [-0.4, -0.2) is 5.78 Å². The van der Waals surface area contributed by atoms with Crippen molar-refractivity contribution in [3.63, 3.8) is 0 Å². The highest BCUT2D eigenvalue weighted by molar-refractivity contribution is 6.35. The lowest BCUT2D eigenvalue weighted by molar-refractivity contribution is 0.101. The van der Waals surface area contributed by atoms with Gasteiger partial charge in [0.25, 0.3) is 0 Å². The third kappa shape index (κ3) is 2.10. The number of aryl methyl sites for hydroxylation is 1. The zero-order valence-electron chi connectivity index (χ0n) is 10.6. The van der Waals surface area contributed by atoms with Crippen LogP contribution in [0.1, 0.15) is 21.7 Å². The number of hydrogen-bond donors (Lipinski definition) is 0. The zero-order chi connectivity index (χ0) is 14.3. The molecule has 0 bridgehead atoms. The van der Waals surface area contributed by atoms with Crippen molar-refractivity contribution in [2.45, 2.75) is 6.92 Å². The van der Waals surface area contributed by atoms with Crippen molar-refractivity contribution in [1.82, 2.24) is 0 Å². The van der Waals surface area contributed by atoms with Crippen LogP contribution in [0.15, 0.2) is 46.9 Å². The lowest BCUT2D eigenvalue weighted by atomic mass is 10.1. The van der Waals surface area contributed by atoms with Gasteiger partial charge >= 0.3 is 0 Å². The van der Waals surface area contributed by atoms with Crippen molar-refractivity contribution in [3.8, 4) is 0 Å². The third-order valence-electron chi connectivity index (χ3n) is 3.09. The molecule has 100 valence electrons. The molecule has 1 aromatic heterocycles. The van der Waals surface area contributed by atoms with Crippen LogP contribution in [0.5, 0.6) is 0 Å². The standard InChI is InChI=1S/C16H10ClFO2/c1-9-5-6-13-10(7-9)8-14(20-13)16(19)11-3-2-4-12(18)15(11)17/h2-8H,1H3. The summed E-state index contributed by atoms with van der Waals surface area (Å²) in [4.78, 5) is 12.3. The Labute approximate surface area is 119 Å². The summed E-state index contributed by atoms with van der Waals surface area (Å²) in [6.07, 6.45) is 0. The predicted octanol–water partition coefficient (Wildman–Crippen LogP) is 4.76. The summed E-state index contributed by atoms with van der Waals surface area (Å²) >= 11 is 5.82. The largest absolute Gasteiger partial charge is 0.453 e. The SMILES string of the molecule is Cc1ccc2oc(C(=O)c3cccc(F)c3Cl)cc2c1. The van der Waals surface area contributed by atoms with Gasteiger partial charge in [0.2, 0.25) is 5.78 Å². The minimum absolute atomic E-state index is 0.0995. The van der Waals surface area contributed by atoms with Crippen LogP contribution in [0.2, 0.25) is 5.02 Å². The number of ketones is 1. The van der Waals surface area contributed by atoms with Crippen molar-refractivity contribution in [2.75, 3.05) is 0 Å². The number of hydrogen-bond acceptors (Lipinski definition) is 2. The number of furan rings is 1. The molecular weight excluding hydrogens is 279 g/mol. The fraction of sp³-hybridized carbons (Fsp3) is 0.0625. The monoisotopic (exact) mass is 288 g/mol. The molecule has 0 saturated heterocycles. The summed E-state index contributed by atoms with van der Waals surface area (Å²) < 4.78 is 18.9. The van der Waals surface area contributed by atoms with Crippen molar-refractivity contribution in [1.29, 1.82) is 0 Å². The Bertz CT molecular complexity index is 820. The number of carbonyl (C=O) groups is 1. The van der Waals surface area contributed by atoms with E-state index in [0.29, 0.717) is 5.58 Å². The number of carbonyl (C=O) groups excluding carboxylic acids is 1. The second kappa shape index (κ2) is 4.76. The maximum Gasteiger partial charge on any atom is 0.229 e. The first kappa shape index (κ1) is 12.9. The van der Waals surface area contributed by atoms with Crippen LogP contribution in [0.4, 0.5) is 4.39 Å². The quantitative estimate of drug-likeness (QED) is 0.636. The first-order valence-corrected chi connectivity index (χ1v) is 6.43. The Morgan fingerprint density at radius 2 is 2.00 bits per heavy atom. The van der Waals surface area contributed by atoms with Gasteiger partial charge in [0, 0.05) is 10.9 Å². The van der Waals surface area contributed by atoms with Crippen LogP contribution < -0.4 is 0 Å². The van der Waals surface area contributed by atoms with E-state index in [1.807, 2.05) is 19.1 Å². The van der Waals surface area contributed by atoms with Gasteiger partial charge in [-0.1, -0.05) is 29.3 Å². The van der Waals surface area contributed by atoms with Crippen LogP contribution in [0, 0.1) is 12.7 Å². The molecule has 2 aromatic carbocycles. The molecule has 0 amide bonds. The van der Waals surface area contributed by atoms with Crippen molar-refractivity contribution >= 4 is 28.4 Å². The molecule has 3 aromatic rings. The van der Waals surface area contributed by atoms with E-state index in [2.05, 4.69) is 0 Å². The molecule has 0 N–H and O–H groups in total. The number of benzene rings is 2. The lowest BCUT2D eigenvalue weighted by Crippen LogP contribution is -2.01. The van der Waals surface area contributed by atoms with Crippen LogP contribution >= 0.6 is 11.6 Å². The van der Waals surface area contributed by atoms with Crippen molar-refractivity contribution < 1.29 is 13.6 Å². The second-order valence-electron chi connectivity index (χ2n) is 4.58. The summed E-state index contributed by atoms with van der Waals surface area (Å²) in [5.41, 5.74) is 1.79. The predicted molar refractivity (Wildman–Crippen MR) is 75.8 cm³/mol. The van der Waals surface area contributed by atoms with Gasteiger partial charge in [0.05, 0.1) is 5.02 Å². The van der Waals surface area contributed by atoms with Gasteiger partial charge in [-0.15, -0.1) is 0 Å². The Hall–Kier alpha value is -2.13. The first-order chi connectivity index (χ1) is 9.56. The van der Waals surface area contributed by atoms with Crippen LogP contribution in [0.3, 0.4) is 0 Å². The van der Waals surface area contributed by atoms with E-state index in [-0.39, 0.29) is 16.3 Å². The van der Waals surface area contributed by atoms with Crippen molar-refractivity contribution in [2.24, 2.45) is 0 Å². The minimum Gasteiger partial charge on any atom is -0.453 e. The number of halogens is 2. The van der Waals surface area contributed by atoms with Gasteiger partial charge in [-0.05, 0) is 37.3 Å². The zero-order valence-corrected chi connectivity index (χ0v) is 11.4. The molecular formula is C16H10ClFO2. The van der Waals surface area contributed by atoms with Gasteiger partial charge in [0.15, 0.2) is 5.76 Å². The molecule has 0 radical (unpaired) electrons. The van der Waals surface area contributed by atoms with E-state index in [1.165, 1.54) is 18.2 Å². The molecule has 0 saturated carbocycles. The number of fused-ring (bicyclic) bond motifs is 1. The Kier molecular flexibility index (Phi) is 3.07. The van der Waals surface area contributed by atoms with E-state index in [0.717, 1.165) is 10.9 Å². The molecule has 0 unspecified atom stereocenters. The lowest BCUT2D eigenvalue weighted by Gasteiger charge is -2.01. The van der Waals surface area contributed by atoms with Crippen LogP contribution in [-0.2, 0) is 0 Å². The Morgan fingerprint density at radius 1 is 1.20 bits per heavy atom. The fourth-order valence-electron chi connectivity index (χ4n) is 2.09. The molecule has 4 heteroatoms. The fourth-order valence-corrected chi connectivity index (χ4v) is 2.30. The average molecular weight is 289 g/mol. The average Bonchev–Trinajstić information content (AvgIpc) is 2.84. The first-order valence-electron chi connectivity index (χ1n) is 6.05. The number of rotatable bonds is 2.